The van der Waals surface area contributed by atoms with Gasteiger partial charge in [0, 0.05) is 13.0 Å². The average Bonchev–Trinajstić information content (AvgIpc) is 3.15. The van der Waals surface area contributed by atoms with Gasteiger partial charge in [-0.2, -0.15) is 0 Å². The number of allylic oxidation sites excluding steroid dienone is 6. The van der Waals surface area contributed by atoms with Gasteiger partial charge in [0.15, 0.2) is 0 Å². The lowest BCUT2D eigenvalue weighted by molar-refractivity contribution is -0.220. The highest BCUT2D eigenvalue weighted by Gasteiger charge is 2.51. The van der Waals surface area contributed by atoms with Gasteiger partial charge in [-0.3, -0.25) is 13.8 Å². The second-order valence-corrected chi connectivity index (χ2v) is 15.9. The molecule has 13 heteroatoms. The van der Waals surface area contributed by atoms with Crippen molar-refractivity contribution < 1.29 is 58.3 Å². The zero-order chi connectivity index (χ0) is 39.9. The predicted molar refractivity (Wildman–Crippen MR) is 212 cm³/mol. The van der Waals surface area contributed by atoms with E-state index in [1.807, 2.05) is 0 Å². The number of unbranched alkanes of at least 4 members (excludes halogenated alkanes) is 16. The van der Waals surface area contributed by atoms with Crippen LogP contribution < -0.4 is 0 Å². The summed E-state index contributed by atoms with van der Waals surface area (Å²) in [7, 11) is -5.02. The summed E-state index contributed by atoms with van der Waals surface area (Å²) in [5, 5.41) is 50.0. The zero-order valence-electron chi connectivity index (χ0n) is 33.3. The first-order valence-electron chi connectivity index (χ1n) is 20.8. The van der Waals surface area contributed by atoms with Crippen LogP contribution in [0.15, 0.2) is 36.5 Å². The summed E-state index contributed by atoms with van der Waals surface area (Å²) in [5.74, 6) is -0.496. The SMILES string of the molecule is CCC/C=C\C/C=C\CCCCCCCC(=O)OC(COCCCCCCCC/C=C\CCCCCC)COP(=O)(O)OC1C(O)C(O)C(O)C(O)C1O. The highest BCUT2D eigenvalue weighted by molar-refractivity contribution is 7.47. The van der Waals surface area contributed by atoms with Gasteiger partial charge in [-0.05, 0) is 64.2 Å². The van der Waals surface area contributed by atoms with Gasteiger partial charge in [-0.1, -0.05) is 121 Å². The summed E-state index contributed by atoms with van der Waals surface area (Å²) in [6, 6.07) is 0. The number of aliphatic hydroxyl groups excluding tert-OH is 5. The Kier molecular flexibility index (Phi) is 30.6. The molecule has 1 saturated carbocycles. The molecule has 54 heavy (non-hydrogen) atoms. The number of phosphoric ester groups is 1. The zero-order valence-corrected chi connectivity index (χ0v) is 34.2. The molecule has 0 bridgehead atoms. The van der Waals surface area contributed by atoms with Gasteiger partial charge in [0.2, 0.25) is 0 Å². The number of rotatable bonds is 34. The fourth-order valence-electron chi connectivity index (χ4n) is 6.09. The van der Waals surface area contributed by atoms with Crippen molar-refractivity contribution in [1.29, 1.82) is 0 Å². The molecule has 0 saturated heterocycles. The minimum atomic E-state index is -5.02. The van der Waals surface area contributed by atoms with Crippen molar-refractivity contribution in [3.05, 3.63) is 36.5 Å². The van der Waals surface area contributed by atoms with E-state index in [2.05, 4.69) is 50.3 Å². The predicted octanol–water partition coefficient (Wildman–Crippen LogP) is 7.53. The van der Waals surface area contributed by atoms with Gasteiger partial charge < -0.3 is 39.9 Å². The number of esters is 1. The van der Waals surface area contributed by atoms with E-state index in [4.69, 9.17) is 18.5 Å². The molecule has 1 rings (SSSR count). The molecule has 0 aliphatic heterocycles. The van der Waals surface area contributed by atoms with Gasteiger partial charge in [-0.15, -0.1) is 0 Å². The van der Waals surface area contributed by atoms with Gasteiger partial charge in [0.25, 0.3) is 0 Å². The van der Waals surface area contributed by atoms with Crippen LogP contribution in [0.2, 0.25) is 0 Å². The largest absolute Gasteiger partial charge is 0.472 e. The highest BCUT2D eigenvalue weighted by atomic mass is 31.2. The normalized spacial score (nSPS) is 23.8. The summed E-state index contributed by atoms with van der Waals surface area (Å²) in [4.78, 5) is 23.0. The monoisotopic (exact) mass is 790 g/mol. The Balaban J connectivity index is 2.46. The van der Waals surface area contributed by atoms with E-state index in [0.717, 1.165) is 83.5 Å². The molecule has 6 atom stereocenters. The van der Waals surface area contributed by atoms with Crippen molar-refractivity contribution in [2.75, 3.05) is 19.8 Å². The molecule has 0 amide bonds. The summed E-state index contributed by atoms with van der Waals surface area (Å²) < 4.78 is 34.0. The van der Waals surface area contributed by atoms with Crippen LogP contribution in [0.3, 0.4) is 0 Å². The van der Waals surface area contributed by atoms with Crippen molar-refractivity contribution in [2.24, 2.45) is 0 Å². The maximum atomic E-state index is 12.8. The molecule has 0 aromatic heterocycles. The first-order chi connectivity index (χ1) is 26.0. The number of carbonyl (C=O) groups is 1. The maximum Gasteiger partial charge on any atom is 0.472 e. The third kappa shape index (κ3) is 24.9. The van der Waals surface area contributed by atoms with E-state index in [9.17, 15) is 39.8 Å². The Bertz CT molecular complexity index is 1040. The molecular formula is C41H75O12P. The van der Waals surface area contributed by atoms with Crippen LogP contribution in [-0.2, 0) is 27.9 Å². The summed E-state index contributed by atoms with van der Waals surface area (Å²) >= 11 is 0. The topological polar surface area (TPSA) is 192 Å². The van der Waals surface area contributed by atoms with E-state index in [1.165, 1.54) is 44.9 Å². The smallest absolute Gasteiger partial charge is 0.457 e. The van der Waals surface area contributed by atoms with Gasteiger partial charge in [0.1, 0.15) is 42.7 Å². The molecule has 0 aromatic carbocycles. The molecule has 0 aromatic rings. The molecule has 316 valence electrons. The molecule has 6 N–H and O–H groups in total. The average molecular weight is 791 g/mol. The Labute approximate surface area is 325 Å². The first-order valence-corrected chi connectivity index (χ1v) is 22.3. The summed E-state index contributed by atoms with van der Waals surface area (Å²) in [6.07, 6.45) is 23.6. The third-order valence-corrected chi connectivity index (χ3v) is 10.5. The number of carbonyl (C=O) groups excluding carboxylic acids is 1. The molecular weight excluding hydrogens is 715 g/mol. The van der Waals surface area contributed by atoms with Crippen LogP contribution in [0.4, 0.5) is 0 Å². The second-order valence-electron chi connectivity index (χ2n) is 14.5. The molecule has 0 spiro atoms. The number of hydrogen-bond donors (Lipinski definition) is 6. The van der Waals surface area contributed by atoms with Gasteiger partial charge in [-0.25, -0.2) is 4.57 Å². The quantitative estimate of drug-likeness (QED) is 0.0163. The van der Waals surface area contributed by atoms with Crippen LogP contribution in [0.25, 0.3) is 0 Å². The van der Waals surface area contributed by atoms with Crippen LogP contribution in [0.1, 0.15) is 155 Å². The third-order valence-electron chi connectivity index (χ3n) is 9.47. The van der Waals surface area contributed by atoms with E-state index < -0.39 is 63.1 Å². The lowest BCUT2D eigenvalue weighted by Crippen LogP contribution is -2.64. The molecule has 1 aliphatic carbocycles. The number of phosphoric acid groups is 1. The van der Waals surface area contributed by atoms with E-state index in [1.54, 1.807) is 0 Å². The lowest BCUT2D eigenvalue weighted by Gasteiger charge is -2.41. The molecule has 0 radical (unpaired) electrons. The minimum Gasteiger partial charge on any atom is -0.457 e. The van der Waals surface area contributed by atoms with Crippen LogP contribution >= 0.6 is 7.82 Å². The van der Waals surface area contributed by atoms with Crippen LogP contribution in [0.5, 0.6) is 0 Å². The molecule has 1 fully saturated rings. The highest BCUT2D eigenvalue weighted by Crippen LogP contribution is 2.47. The first kappa shape index (κ1) is 50.6. The second kappa shape index (κ2) is 32.6. The van der Waals surface area contributed by atoms with Gasteiger partial charge in [0.05, 0.1) is 13.2 Å². The number of aliphatic hydroxyl groups is 5. The maximum absolute atomic E-state index is 12.8. The van der Waals surface area contributed by atoms with Crippen molar-refractivity contribution in [3.63, 3.8) is 0 Å². The van der Waals surface area contributed by atoms with Crippen LogP contribution in [0, 0.1) is 0 Å². The van der Waals surface area contributed by atoms with Crippen molar-refractivity contribution in [2.45, 2.75) is 198 Å². The minimum absolute atomic E-state index is 0.0866. The summed E-state index contributed by atoms with van der Waals surface area (Å²) in [5.41, 5.74) is 0. The Hall–Kier alpha value is -1.44. The molecule has 6 unspecified atom stereocenters. The van der Waals surface area contributed by atoms with Gasteiger partial charge >= 0.3 is 13.8 Å². The number of ether oxygens (including phenoxy) is 2. The van der Waals surface area contributed by atoms with Crippen molar-refractivity contribution in [3.8, 4) is 0 Å². The van der Waals surface area contributed by atoms with E-state index >= 15 is 0 Å². The van der Waals surface area contributed by atoms with Crippen LogP contribution in [-0.4, -0.2) is 98.9 Å². The fourth-order valence-corrected chi connectivity index (χ4v) is 7.06. The van der Waals surface area contributed by atoms with E-state index in [0.29, 0.717) is 13.0 Å². The van der Waals surface area contributed by atoms with Crippen molar-refractivity contribution >= 4 is 13.8 Å². The Morgan fingerprint density at radius 2 is 1.07 bits per heavy atom. The number of hydrogen-bond acceptors (Lipinski definition) is 11. The fraction of sp³-hybridized carbons (Fsp3) is 0.829. The molecule has 1 aliphatic rings. The Morgan fingerprint density at radius 1 is 0.593 bits per heavy atom. The van der Waals surface area contributed by atoms with E-state index in [-0.39, 0.29) is 13.0 Å². The molecule has 12 nitrogen and oxygen atoms in total. The lowest BCUT2D eigenvalue weighted by atomic mass is 9.85. The standard InChI is InChI=1S/C41H75O12P/c1-3-5-7-9-11-13-15-17-19-21-23-25-27-29-31-50-32-34(33-51-54(48,49)53-41-39(46)37(44)36(43)38(45)40(41)47)52-35(42)30-28-26-24-22-20-18-16-14-12-10-8-6-4-2/h8,10,13-16,34,36-41,43-47H,3-7,9,11-12,17-33H2,1-2H3,(H,48,49)/b10-8-,15-13-,16-14-. The van der Waals surface area contributed by atoms with Crippen molar-refractivity contribution in [1.82, 2.24) is 0 Å². The molecule has 0 heterocycles. The summed E-state index contributed by atoms with van der Waals surface area (Å²) in [6.45, 7) is 4.13. The Morgan fingerprint density at radius 3 is 1.65 bits per heavy atom.